The Kier molecular flexibility index (Phi) is 4.00. The monoisotopic (exact) mass is 304 g/mol. The predicted molar refractivity (Wildman–Crippen MR) is 84.3 cm³/mol. The molecular weight excluding hydrogens is 284 g/mol. The second-order valence-corrected chi connectivity index (χ2v) is 6.85. The maximum atomic E-state index is 6.16. The third kappa shape index (κ3) is 3.11. The molecule has 1 aliphatic carbocycles. The van der Waals surface area contributed by atoms with Gasteiger partial charge in [0, 0.05) is 23.8 Å². The van der Waals surface area contributed by atoms with Crippen molar-refractivity contribution in [2.45, 2.75) is 39.3 Å². The summed E-state index contributed by atoms with van der Waals surface area (Å²) < 4.78 is 1.87. The highest BCUT2D eigenvalue weighted by Gasteiger charge is 2.38. The van der Waals surface area contributed by atoms with E-state index in [1.165, 1.54) is 11.1 Å². The van der Waals surface area contributed by atoms with E-state index in [0.717, 1.165) is 31.0 Å². The van der Waals surface area contributed by atoms with Gasteiger partial charge in [-0.05, 0) is 48.1 Å². The molecule has 5 heteroatoms. The number of hydrogen-bond acceptors (Lipinski definition) is 3. The minimum atomic E-state index is 0.222. The highest BCUT2D eigenvalue weighted by atomic mass is 35.5. The van der Waals surface area contributed by atoms with Crippen LogP contribution < -0.4 is 5.32 Å². The molecule has 112 valence electrons. The van der Waals surface area contributed by atoms with E-state index in [0.29, 0.717) is 6.04 Å². The van der Waals surface area contributed by atoms with Crippen LogP contribution in [0.4, 0.5) is 0 Å². The van der Waals surface area contributed by atoms with Crippen LogP contribution in [0.5, 0.6) is 0 Å². The average Bonchev–Trinajstić information content (AvgIpc) is 3.01. The fraction of sp³-hybridized carbons (Fsp3) is 0.500. The molecule has 1 aromatic heterocycles. The minimum absolute atomic E-state index is 0.222. The van der Waals surface area contributed by atoms with Gasteiger partial charge >= 0.3 is 0 Å². The molecule has 0 fully saturated rings. The molecular formula is C16H21ClN4. The van der Waals surface area contributed by atoms with E-state index in [4.69, 9.17) is 11.6 Å². The van der Waals surface area contributed by atoms with Crippen LogP contribution >= 0.6 is 11.6 Å². The molecule has 0 spiro atoms. The van der Waals surface area contributed by atoms with Crippen molar-refractivity contribution in [3.05, 3.63) is 46.7 Å². The van der Waals surface area contributed by atoms with Crippen LogP contribution in [0.15, 0.2) is 30.6 Å². The molecule has 2 aromatic rings. The molecule has 0 radical (unpaired) electrons. The van der Waals surface area contributed by atoms with Crippen molar-refractivity contribution in [3.63, 3.8) is 0 Å². The molecule has 3 rings (SSSR count). The zero-order valence-electron chi connectivity index (χ0n) is 12.5. The Morgan fingerprint density at radius 3 is 3.05 bits per heavy atom. The van der Waals surface area contributed by atoms with E-state index >= 15 is 0 Å². The first-order valence-electron chi connectivity index (χ1n) is 7.42. The summed E-state index contributed by atoms with van der Waals surface area (Å²) in [6, 6.07) is 6.63. The lowest BCUT2D eigenvalue weighted by Crippen LogP contribution is -2.32. The molecule has 0 saturated heterocycles. The van der Waals surface area contributed by atoms with Gasteiger partial charge in [-0.2, -0.15) is 0 Å². The highest BCUT2D eigenvalue weighted by Crippen LogP contribution is 2.45. The Morgan fingerprint density at radius 2 is 2.29 bits per heavy atom. The van der Waals surface area contributed by atoms with Gasteiger partial charge in [-0.25, -0.2) is 0 Å². The lowest BCUT2D eigenvalue weighted by molar-refractivity contribution is 0.267. The molecule has 1 N–H and O–H groups in total. The number of fused-ring (bicyclic) bond motifs is 1. The largest absolute Gasteiger partial charge is 0.309 e. The van der Waals surface area contributed by atoms with E-state index < -0.39 is 0 Å². The number of halogens is 1. The number of aromatic nitrogens is 3. The van der Waals surface area contributed by atoms with Gasteiger partial charge < -0.3 is 5.32 Å². The Bertz CT molecular complexity index is 607. The Labute approximate surface area is 130 Å². The zero-order chi connectivity index (χ0) is 14.9. The summed E-state index contributed by atoms with van der Waals surface area (Å²) in [5.74, 6) is 0. The van der Waals surface area contributed by atoms with E-state index in [2.05, 4.69) is 41.6 Å². The van der Waals surface area contributed by atoms with Gasteiger partial charge in [-0.1, -0.05) is 36.7 Å². The predicted octanol–water partition coefficient (Wildman–Crippen LogP) is 3.23. The third-order valence-electron chi connectivity index (χ3n) is 4.23. The summed E-state index contributed by atoms with van der Waals surface area (Å²) in [5, 5.41) is 12.3. The Balaban J connectivity index is 1.63. The van der Waals surface area contributed by atoms with Gasteiger partial charge in [0.25, 0.3) is 0 Å². The van der Waals surface area contributed by atoms with Gasteiger partial charge in [0.15, 0.2) is 0 Å². The molecule has 0 amide bonds. The fourth-order valence-electron chi connectivity index (χ4n) is 3.24. The zero-order valence-corrected chi connectivity index (χ0v) is 13.3. The maximum absolute atomic E-state index is 6.16. The quantitative estimate of drug-likeness (QED) is 0.862. The third-order valence-corrected chi connectivity index (χ3v) is 4.47. The van der Waals surface area contributed by atoms with Crippen molar-refractivity contribution in [1.29, 1.82) is 0 Å². The molecule has 1 heterocycles. The van der Waals surface area contributed by atoms with Crippen LogP contribution in [0.2, 0.25) is 5.02 Å². The number of benzene rings is 1. The van der Waals surface area contributed by atoms with Crippen molar-refractivity contribution in [1.82, 2.24) is 20.3 Å². The van der Waals surface area contributed by atoms with Gasteiger partial charge in [0.2, 0.25) is 0 Å². The first kappa shape index (κ1) is 14.5. The smallest absolute Gasteiger partial charge is 0.0692 e. The summed E-state index contributed by atoms with van der Waals surface area (Å²) in [4.78, 5) is 0. The van der Waals surface area contributed by atoms with Crippen molar-refractivity contribution >= 4 is 11.6 Å². The number of hydrogen-bond donors (Lipinski definition) is 1. The second kappa shape index (κ2) is 5.78. The van der Waals surface area contributed by atoms with Crippen LogP contribution in [-0.2, 0) is 13.0 Å². The van der Waals surface area contributed by atoms with E-state index in [1.807, 2.05) is 16.9 Å². The summed E-state index contributed by atoms with van der Waals surface area (Å²) in [6.07, 6.45) is 5.74. The SMILES string of the molecule is CC1(C)Cc2ccc(Cl)cc2C1NCCCn1ccnn1. The Morgan fingerprint density at radius 1 is 1.43 bits per heavy atom. The second-order valence-electron chi connectivity index (χ2n) is 6.42. The lowest BCUT2D eigenvalue weighted by Gasteiger charge is -2.28. The summed E-state index contributed by atoms with van der Waals surface area (Å²) in [7, 11) is 0. The number of aryl methyl sites for hydroxylation is 1. The normalized spacial score (nSPS) is 19.7. The van der Waals surface area contributed by atoms with Gasteiger partial charge in [-0.15, -0.1) is 5.10 Å². The van der Waals surface area contributed by atoms with Crippen LogP contribution in [0, 0.1) is 5.41 Å². The van der Waals surface area contributed by atoms with Crippen molar-refractivity contribution in [2.24, 2.45) is 5.41 Å². The molecule has 0 bridgehead atoms. The maximum Gasteiger partial charge on any atom is 0.0692 e. The standard InChI is InChI=1S/C16H21ClN4/c1-16(2)11-12-4-5-13(17)10-14(12)15(16)18-6-3-8-21-9-7-19-20-21/h4-5,7,9-10,15,18H,3,6,8,11H2,1-2H3. The molecule has 0 aliphatic heterocycles. The van der Waals surface area contributed by atoms with E-state index in [-0.39, 0.29) is 5.41 Å². The summed E-state index contributed by atoms with van der Waals surface area (Å²) >= 11 is 6.16. The highest BCUT2D eigenvalue weighted by molar-refractivity contribution is 6.30. The van der Waals surface area contributed by atoms with E-state index in [1.54, 1.807) is 6.20 Å². The fourth-order valence-corrected chi connectivity index (χ4v) is 3.42. The van der Waals surface area contributed by atoms with Crippen molar-refractivity contribution < 1.29 is 0 Å². The molecule has 1 aromatic carbocycles. The van der Waals surface area contributed by atoms with Crippen LogP contribution in [0.25, 0.3) is 0 Å². The minimum Gasteiger partial charge on any atom is -0.309 e. The molecule has 0 saturated carbocycles. The Hall–Kier alpha value is -1.39. The molecule has 4 nitrogen and oxygen atoms in total. The van der Waals surface area contributed by atoms with E-state index in [9.17, 15) is 0 Å². The van der Waals surface area contributed by atoms with Crippen LogP contribution in [-0.4, -0.2) is 21.5 Å². The summed E-state index contributed by atoms with van der Waals surface area (Å²) in [6.45, 7) is 6.48. The number of nitrogens with zero attached hydrogens (tertiary/aromatic N) is 3. The number of nitrogens with one attached hydrogen (secondary N) is 1. The topological polar surface area (TPSA) is 42.7 Å². The molecule has 1 aliphatic rings. The van der Waals surface area contributed by atoms with Gasteiger partial charge in [0.05, 0.1) is 6.20 Å². The lowest BCUT2D eigenvalue weighted by atomic mass is 9.85. The van der Waals surface area contributed by atoms with Gasteiger partial charge in [0.1, 0.15) is 0 Å². The molecule has 1 atom stereocenters. The number of rotatable bonds is 5. The van der Waals surface area contributed by atoms with Crippen LogP contribution in [0.1, 0.15) is 37.4 Å². The van der Waals surface area contributed by atoms with Crippen LogP contribution in [0.3, 0.4) is 0 Å². The first-order chi connectivity index (χ1) is 10.1. The van der Waals surface area contributed by atoms with Crippen molar-refractivity contribution in [2.75, 3.05) is 6.54 Å². The van der Waals surface area contributed by atoms with Crippen molar-refractivity contribution in [3.8, 4) is 0 Å². The molecule has 1 unspecified atom stereocenters. The van der Waals surface area contributed by atoms with Gasteiger partial charge in [-0.3, -0.25) is 4.68 Å². The first-order valence-corrected chi connectivity index (χ1v) is 7.80. The molecule has 21 heavy (non-hydrogen) atoms. The summed E-state index contributed by atoms with van der Waals surface area (Å²) in [5.41, 5.74) is 2.99. The average molecular weight is 305 g/mol.